The summed E-state index contributed by atoms with van der Waals surface area (Å²) in [4.78, 5) is 30.7. The van der Waals surface area contributed by atoms with Crippen LogP contribution in [0.3, 0.4) is 0 Å². The standard InChI is InChI=1S/C12H12N2O3S/c1-7-11(18-8(2)14-7)12(16)17-6-10(15)9-4-3-5-13-9/h3-5,13H,6H2,1-2H3. The van der Waals surface area contributed by atoms with E-state index in [4.69, 9.17) is 4.74 Å². The molecule has 0 fully saturated rings. The highest BCUT2D eigenvalue weighted by Crippen LogP contribution is 2.18. The first kappa shape index (κ1) is 12.5. The van der Waals surface area contributed by atoms with Gasteiger partial charge in [-0.05, 0) is 26.0 Å². The monoisotopic (exact) mass is 264 g/mol. The molecule has 0 aliphatic rings. The van der Waals surface area contributed by atoms with Gasteiger partial charge >= 0.3 is 5.97 Å². The Hall–Kier alpha value is -1.95. The first-order valence-corrected chi connectivity index (χ1v) is 6.17. The molecule has 0 atom stereocenters. The summed E-state index contributed by atoms with van der Waals surface area (Å²) in [6.45, 7) is 3.29. The highest BCUT2D eigenvalue weighted by Gasteiger charge is 2.17. The fraction of sp³-hybridized carbons (Fsp3) is 0.250. The van der Waals surface area contributed by atoms with E-state index >= 15 is 0 Å². The number of hydrogen-bond donors (Lipinski definition) is 1. The molecule has 6 heteroatoms. The first-order valence-electron chi connectivity index (χ1n) is 5.35. The Morgan fingerprint density at radius 2 is 2.22 bits per heavy atom. The van der Waals surface area contributed by atoms with Gasteiger partial charge in [0.2, 0.25) is 5.78 Å². The lowest BCUT2D eigenvalue weighted by Crippen LogP contribution is -2.14. The number of thiazole rings is 1. The van der Waals surface area contributed by atoms with Crippen molar-refractivity contribution in [2.45, 2.75) is 13.8 Å². The van der Waals surface area contributed by atoms with Gasteiger partial charge in [0, 0.05) is 6.20 Å². The van der Waals surface area contributed by atoms with Crippen LogP contribution in [-0.2, 0) is 4.74 Å². The minimum absolute atomic E-state index is 0.257. The van der Waals surface area contributed by atoms with Gasteiger partial charge in [-0.15, -0.1) is 11.3 Å². The van der Waals surface area contributed by atoms with E-state index in [0.717, 1.165) is 5.01 Å². The molecule has 0 saturated carbocycles. The number of ketones is 1. The number of esters is 1. The van der Waals surface area contributed by atoms with Crippen LogP contribution < -0.4 is 0 Å². The van der Waals surface area contributed by atoms with Crippen LogP contribution in [0, 0.1) is 13.8 Å². The summed E-state index contributed by atoms with van der Waals surface area (Å²) in [5, 5.41) is 0.801. The van der Waals surface area contributed by atoms with Crippen LogP contribution in [0.15, 0.2) is 18.3 Å². The molecule has 0 amide bonds. The molecular formula is C12H12N2O3S. The van der Waals surface area contributed by atoms with Crippen molar-refractivity contribution in [3.05, 3.63) is 39.6 Å². The van der Waals surface area contributed by atoms with Crippen LogP contribution in [-0.4, -0.2) is 28.3 Å². The summed E-state index contributed by atoms with van der Waals surface area (Å²) in [6.07, 6.45) is 1.64. The van der Waals surface area contributed by atoms with Crippen LogP contribution in [0.5, 0.6) is 0 Å². The third-order valence-electron chi connectivity index (χ3n) is 2.32. The van der Waals surface area contributed by atoms with E-state index in [1.54, 1.807) is 25.3 Å². The number of aromatic amines is 1. The van der Waals surface area contributed by atoms with E-state index in [1.807, 2.05) is 6.92 Å². The van der Waals surface area contributed by atoms with Crippen LogP contribution >= 0.6 is 11.3 Å². The predicted octanol–water partition coefficient (Wildman–Crippen LogP) is 2.13. The molecule has 1 N–H and O–H groups in total. The predicted molar refractivity (Wildman–Crippen MR) is 67.0 cm³/mol. The molecule has 94 valence electrons. The van der Waals surface area contributed by atoms with Gasteiger partial charge in [0.25, 0.3) is 0 Å². The summed E-state index contributed by atoms with van der Waals surface area (Å²) >= 11 is 1.27. The summed E-state index contributed by atoms with van der Waals surface area (Å²) in [6, 6.07) is 3.35. The molecule has 2 aromatic heterocycles. The lowest BCUT2D eigenvalue weighted by molar-refractivity contribution is 0.0477. The molecule has 2 rings (SSSR count). The van der Waals surface area contributed by atoms with E-state index in [-0.39, 0.29) is 12.4 Å². The van der Waals surface area contributed by atoms with Gasteiger partial charge in [0.1, 0.15) is 4.88 Å². The summed E-state index contributed by atoms with van der Waals surface area (Å²) in [5.74, 6) is -0.759. The quantitative estimate of drug-likeness (QED) is 0.678. The Labute approximate surface area is 108 Å². The zero-order chi connectivity index (χ0) is 13.1. The Balaban J connectivity index is 1.97. The van der Waals surface area contributed by atoms with Crippen LogP contribution in [0.1, 0.15) is 30.9 Å². The number of nitrogens with one attached hydrogen (secondary N) is 1. The van der Waals surface area contributed by atoms with Crippen molar-refractivity contribution in [2.24, 2.45) is 0 Å². The van der Waals surface area contributed by atoms with Crippen molar-refractivity contribution in [3.8, 4) is 0 Å². The number of ether oxygens (including phenoxy) is 1. The number of Topliss-reactive ketones (excluding diaryl/α,β-unsaturated/α-hetero) is 1. The number of carbonyl (C=O) groups is 2. The molecular weight excluding hydrogens is 252 g/mol. The highest BCUT2D eigenvalue weighted by atomic mass is 32.1. The van der Waals surface area contributed by atoms with E-state index in [9.17, 15) is 9.59 Å². The second-order valence-electron chi connectivity index (χ2n) is 3.73. The second-order valence-corrected chi connectivity index (χ2v) is 4.93. The molecule has 2 aromatic rings. The fourth-order valence-electron chi connectivity index (χ4n) is 1.50. The van der Waals surface area contributed by atoms with Gasteiger partial charge in [0.05, 0.1) is 16.4 Å². The van der Waals surface area contributed by atoms with Gasteiger partial charge in [-0.3, -0.25) is 4.79 Å². The average molecular weight is 264 g/mol. The maximum absolute atomic E-state index is 11.7. The third kappa shape index (κ3) is 2.65. The third-order valence-corrected chi connectivity index (χ3v) is 3.37. The van der Waals surface area contributed by atoms with Crippen molar-refractivity contribution in [3.63, 3.8) is 0 Å². The zero-order valence-electron chi connectivity index (χ0n) is 10.0. The van der Waals surface area contributed by atoms with Crippen molar-refractivity contribution in [2.75, 3.05) is 6.61 Å². The topological polar surface area (TPSA) is 72.0 Å². The largest absolute Gasteiger partial charge is 0.453 e. The normalized spacial score (nSPS) is 10.3. The number of carbonyl (C=O) groups excluding carboxylic acids is 2. The number of hydrogen-bond acceptors (Lipinski definition) is 5. The first-order chi connectivity index (χ1) is 8.58. The van der Waals surface area contributed by atoms with Crippen LogP contribution in [0.25, 0.3) is 0 Å². The highest BCUT2D eigenvalue weighted by molar-refractivity contribution is 7.13. The van der Waals surface area contributed by atoms with Gasteiger partial charge in [-0.1, -0.05) is 0 Å². The minimum Gasteiger partial charge on any atom is -0.453 e. The molecule has 0 radical (unpaired) electrons. The van der Waals surface area contributed by atoms with Gasteiger partial charge < -0.3 is 9.72 Å². The summed E-state index contributed by atoms with van der Waals surface area (Å²) in [5.41, 5.74) is 1.06. The van der Waals surface area contributed by atoms with Crippen molar-refractivity contribution >= 4 is 23.1 Å². The van der Waals surface area contributed by atoms with Crippen molar-refractivity contribution in [1.29, 1.82) is 0 Å². The maximum Gasteiger partial charge on any atom is 0.350 e. The smallest absolute Gasteiger partial charge is 0.350 e. The van der Waals surface area contributed by atoms with E-state index < -0.39 is 5.97 Å². The Kier molecular flexibility index (Phi) is 3.57. The molecule has 2 heterocycles. The fourth-order valence-corrected chi connectivity index (χ4v) is 2.31. The molecule has 0 aliphatic heterocycles. The molecule has 0 aromatic carbocycles. The maximum atomic E-state index is 11.7. The number of H-pyrrole nitrogens is 1. The van der Waals surface area contributed by atoms with Crippen molar-refractivity contribution < 1.29 is 14.3 Å². The molecule has 0 spiro atoms. The number of nitrogens with zero attached hydrogens (tertiary/aromatic N) is 1. The molecule has 5 nitrogen and oxygen atoms in total. The SMILES string of the molecule is Cc1nc(C)c(C(=O)OCC(=O)c2ccc[nH]2)s1. The van der Waals surface area contributed by atoms with Crippen molar-refractivity contribution in [1.82, 2.24) is 9.97 Å². The van der Waals surface area contributed by atoms with E-state index in [2.05, 4.69) is 9.97 Å². The van der Waals surface area contributed by atoms with E-state index in [0.29, 0.717) is 16.3 Å². The van der Waals surface area contributed by atoms with Crippen LogP contribution in [0.2, 0.25) is 0 Å². The molecule has 0 unspecified atom stereocenters. The Bertz CT molecular complexity index is 572. The lowest BCUT2D eigenvalue weighted by atomic mass is 10.3. The van der Waals surface area contributed by atoms with Crippen LogP contribution in [0.4, 0.5) is 0 Å². The minimum atomic E-state index is -0.502. The molecule has 0 saturated heterocycles. The van der Waals surface area contributed by atoms with Gasteiger partial charge in [-0.25, -0.2) is 9.78 Å². The van der Waals surface area contributed by atoms with Gasteiger partial charge in [0.15, 0.2) is 6.61 Å². The van der Waals surface area contributed by atoms with Gasteiger partial charge in [-0.2, -0.15) is 0 Å². The summed E-state index contributed by atoms with van der Waals surface area (Å²) < 4.78 is 4.97. The van der Waals surface area contributed by atoms with E-state index in [1.165, 1.54) is 11.3 Å². The molecule has 0 aliphatic carbocycles. The second kappa shape index (κ2) is 5.14. The lowest BCUT2D eigenvalue weighted by Gasteiger charge is -2.01. The molecule has 0 bridgehead atoms. The Morgan fingerprint density at radius 3 is 2.78 bits per heavy atom. The Morgan fingerprint density at radius 1 is 1.44 bits per heavy atom. The molecule has 18 heavy (non-hydrogen) atoms. The number of aryl methyl sites for hydroxylation is 2. The zero-order valence-corrected chi connectivity index (χ0v) is 10.8. The average Bonchev–Trinajstić information content (AvgIpc) is 2.95. The summed E-state index contributed by atoms with van der Waals surface area (Å²) in [7, 11) is 0. The number of rotatable bonds is 4. The number of aromatic nitrogens is 2.